The van der Waals surface area contributed by atoms with Gasteiger partial charge in [0.05, 0.1) is 17.7 Å². The van der Waals surface area contributed by atoms with Gasteiger partial charge < -0.3 is 20.3 Å². The second-order valence-corrected chi connectivity index (χ2v) is 6.74. The smallest absolute Gasteiger partial charge is 0.223 e. The van der Waals surface area contributed by atoms with Crippen LogP contribution >= 0.6 is 24.0 Å². The average Bonchev–Trinajstić information content (AvgIpc) is 3.08. The van der Waals surface area contributed by atoms with E-state index in [4.69, 9.17) is 26.6 Å². The molecule has 3 rings (SSSR count). The van der Waals surface area contributed by atoms with Crippen LogP contribution in [0.2, 0.25) is 5.02 Å². The number of methoxy groups -OCH3 is 1. The Morgan fingerprint density at radius 2 is 2.19 bits per heavy atom. The van der Waals surface area contributed by atoms with Crippen LogP contribution in [0.3, 0.4) is 0 Å². The van der Waals surface area contributed by atoms with Crippen molar-refractivity contribution in [1.29, 1.82) is 0 Å². The quantitative estimate of drug-likeness (QED) is 0.805. The van der Waals surface area contributed by atoms with Crippen LogP contribution in [0.15, 0.2) is 34.9 Å². The summed E-state index contributed by atoms with van der Waals surface area (Å²) in [6.07, 6.45) is 2.25. The summed E-state index contributed by atoms with van der Waals surface area (Å²) in [6.45, 7) is 0.312. The number of ether oxygens (including phenoxy) is 1. The Balaban J connectivity index is 0.00000243. The molecular formula is C18H23Cl2N3O3. The molecule has 0 saturated heterocycles. The zero-order valence-electron chi connectivity index (χ0n) is 14.5. The number of hydrogen-bond donors (Lipinski definition) is 2. The van der Waals surface area contributed by atoms with Gasteiger partial charge in [-0.1, -0.05) is 28.9 Å². The van der Waals surface area contributed by atoms with Crippen molar-refractivity contribution >= 4 is 29.9 Å². The first-order chi connectivity index (χ1) is 12.1. The van der Waals surface area contributed by atoms with E-state index in [0.29, 0.717) is 29.4 Å². The normalized spacial score (nSPS) is 22.5. The molecule has 6 nitrogen and oxygen atoms in total. The minimum absolute atomic E-state index is 0. The molecule has 1 amide bonds. The summed E-state index contributed by atoms with van der Waals surface area (Å²) in [7, 11) is 1.66. The molecule has 1 aromatic heterocycles. The highest BCUT2D eigenvalue weighted by Gasteiger charge is 2.31. The lowest BCUT2D eigenvalue weighted by molar-refractivity contribution is -0.127. The topological polar surface area (TPSA) is 90.4 Å². The van der Waals surface area contributed by atoms with Crippen LogP contribution in [0, 0.1) is 5.92 Å². The third-order valence-electron chi connectivity index (χ3n) is 4.65. The molecule has 0 radical (unpaired) electrons. The van der Waals surface area contributed by atoms with Crippen molar-refractivity contribution in [2.75, 3.05) is 7.11 Å². The van der Waals surface area contributed by atoms with Crippen LogP contribution in [0.25, 0.3) is 11.3 Å². The molecule has 1 heterocycles. The third-order valence-corrected chi connectivity index (χ3v) is 4.98. The Hall–Kier alpha value is -1.60. The van der Waals surface area contributed by atoms with Gasteiger partial charge in [-0.15, -0.1) is 12.4 Å². The van der Waals surface area contributed by atoms with E-state index >= 15 is 0 Å². The number of carbonyl (C=O) groups is 1. The number of benzene rings is 1. The van der Waals surface area contributed by atoms with E-state index < -0.39 is 0 Å². The average molecular weight is 400 g/mol. The molecule has 2 aromatic rings. The minimum atomic E-state index is -0.103. The SMILES string of the molecule is CO[C@@H]1CC[C@H](C(=O)NCc2cc(-c3ccccc3Cl)on2)C[C@H]1N.Cl. The molecule has 0 unspecified atom stereocenters. The molecule has 1 aromatic carbocycles. The molecule has 1 saturated carbocycles. The number of carbonyl (C=O) groups excluding carboxylic acids is 1. The molecule has 0 spiro atoms. The first kappa shape index (κ1) is 20.7. The summed E-state index contributed by atoms with van der Waals surface area (Å²) in [6, 6.07) is 9.07. The Bertz CT molecular complexity index is 738. The molecule has 3 atom stereocenters. The van der Waals surface area contributed by atoms with Crippen LogP contribution in [-0.2, 0) is 16.1 Å². The summed E-state index contributed by atoms with van der Waals surface area (Å²) < 4.78 is 10.7. The highest BCUT2D eigenvalue weighted by molar-refractivity contribution is 6.33. The van der Waals surface area contributed by atoms with Gasteiger partial charge in [0.2, 0.25) is 5.91 Å². The number of aromatic nitrogens is 1. The zero-order valence-corrected chi connectivity index (χ0v) is 16.1. The fourth-order valence-electron chi connectivity index (χ4n) is 3.21. The molecule has 1 fully saturated rings. The van der Waals surface area contributed by atoms with E-state index in [1.165, 1.54) is 0 Å². The van der Waals surface area contributed by atoms with E-state index in [0.717, 1.165) is 18.4 Å². The second kappa shape index (κ2) is 9.37. The summed E-state index contributed by atoms with van der Waals surface area (Å²) in [5.41, 5.74) is 7.49. The van der Waals surface area contributed by atoms with Crippen molar-refractivity contribution in [2.45, 2.75) is 38.0 Å². The summed E-state index contributed by atoms with van der Waals surface area (Å²) >= 11 is 6.15. The lowest BCUT2D eigenvalue weighted by Crippen LogP contribution is -2.45. The Kier molecular flexibility index (Phi) is 7.46. The first-order valence-corrected chi connectivity index (χ1v) is 8.73. The zero-order chi connectivity index (χ0) is 17.8. The van der Waals surface area contributed by atoms with Crippen LogP contribution in [-0.4, -0.2) is 30.3 Å². The number of nitrogens with one attached hydrogen (secondary N) is 1. The standard InChI is InChI=1S/C18H22ClN3O3.ClH/c1-24-16-7-6-11(8-15(16)20)18(23)21-10-12-9-17(25-22-12)13-4-2-3-5-14(13)19;/h2-5,9,11,15-16H,6-8,10,20H2,1H3,(H,21,23);1H/t11-,15+,16+;/m0./s1. The summed E-state index contributed by atoms with van der Waals surface area (Å²) in [5, 5.41) is 7.50. The first-order valence-electron chi connectivity index (χ1n) is 8.35. The Labute approximate surface area is 163 Å². The van der Waals surface area contributed by atoms with Crippen LogP contribution in [0.5, 0.6) is 0 Å². The number of hydrogen-bond acceptors (Lipinski definition) is 5. The maximum absolute atomic E-state index is 12.4. The van der Waals surface area contributed by atoms with Crippen molar-refractivity contribution < 1.29 is 14.1 Å². The van der Waals surface area contributed by atoms with E-state index in [2.05, 4.69) is 10.5 Å². The van der Waals surface area contributed by atoms with Crippen LogP contribution < -0.4 is 11.1 Å². The predicted octanol–water partition coefficient (Wildman–Crippen LogP) is 3.18. The van der Waals surface area contributed by atoms with Gasteiger partial charge in [-0.3, -0.25) is 4.79 Å². The number of halogens is 2. The Morgan fingerprint density at radius 1 is 1.42 bits per heavy atom. The van der Waals surface area contributed by atoms with Gasteiger partial charge >= 0.3 is 0 Å². The lowest BCUT2D eigenvalue weighted by atomic mass is 9.83. The Morgan fingerprint density at radius 3 is 2.88 bits per heavy atom. The number of rotatable bonds is 5. The van der Waals surface area contributed by atoms with Crippen molar-refractivity contribution in [3.05, 3.63) is 41.0 Å². The highest BCUT2D eigenvalue weighted by atomic mass is 35.5. The van der Waals surface area contributed by atoms with E-state index in [1.807, 2.05) is 18.2 Å². The second-order valence-electron chi connectivity index (χ2n) is 6.33. The van der Waals surface area contributed by atoms with Crippen LogP contribution in [0.4, 0.5) is 0 Å². The molecule has 0 aliphatic heterocycles. The maximum Gasteiger partial charge on any atom is 0.223 e. The van der Waals surface area contributed by atoms with Crippen molar-refractivity contribution in [2.24, 2.45) is 11.7 Å². The number of nitrogens with two attached hydrogens (primary N) is 1. The largest absolute Gasteiger partial charge is 0.380 e. The van der Waals surface area contributed by atoms with Gasteiger partial charge in [-0.05, 0) is 31.4 Å². The van der Waals surface area contributed by atoms with Crippen molar-refractivity contribution in [3.63, 3.8) is 0 Å². The minimum Gasteiger partial charge on any atom is -0.380 e. The molecule has 1 aliphatic rings. The van der Waals surface area contributed by atoms with Crippen LogP contribution in [0.1, 0.15) is 25.0 Å². The molecule has 1 aliphatic carbocycles. The van der Waals surface area contributed by atoms with E-state index in [9.17, 15) is 4.79 Å². The molecule has 26 heavy (non-hydrogen) atoms. The maximum atomic E-state index is 12.4. The van der Waals surface area contributed by atoms with Gasteiger partial charge in [-0.25, -0.2) is 0 Å². The van der Waals surface area contributed by atoms with Gasteiger partial charge in [0.25, 0.3) is 0 Å². The van der Waals surface area contributed by atoms with Gasteiger partial charge in [0, 0.05) is 30.7 Å². The van der Waals surface area contributed by atoms with E-state index in [1.54, 1.807) is 19.2 Å². The predicted molar refractivity (Wildman–Crippen MR) is 102 cm³/mol. The van der Waals surface area contributed by atoms with Gasteiger partial charge in [-0.2, -0.15) is 0 Å². The molecule has 8 heteroatoms. The molecule has 3 N–H and O–H groups in total. The number of amides is 1. The van der Waals surface area contributed by atoms with Crippen molar-refractivity contribution in [1.82, 2.24) is 10.5 Å². The summed E-state index contributed by atoms with van der Waals surface area (Å²) in [4.78, 5) is 12.4. The lowest BCUT2D eigenvalue weighted by Gasteiger charge is -2.32. The van der Waals surface area contributed by atoms with Gasteiger partial charge in [0.15, 0.2) is 5.76 Å². The highest BCUT2D eigenvalue weighted by Crippen LogP contribution is 2.28. The fourth-order valence-corrected chi connectivity index (χ4v) is 3.44. The van der Waals surface area contributed by atoms with Crippen molar-refractivity contribution in [3.8, 4) is 11.3 Å². The monoisotopic (exact) mass is 399 g/mol. The van der Waals surface area contributed by atoms with Gasteiger partial charge in [0.1, 0.15) is 5.69 Å². The number of nitrogens with zero attached hydrogens (tertiary/aromatic N) is 1. The fraction of sp³-hybridized carbons (Fsp3) is 0.444. The van der Waals surface area contributed by atoms with E-state index in [-0.39, 0.29) is 36.4 Å². The molecular weight excluding hydrogens is 377 g/mol. The summed E-state index contributed by atoms with van der Waals surface area (Å²) in [5.74, 6) is 0.487. The molecule has 142 valence electrons. The molecule has 0 bridgehead atoms. The third kappa shape index (κ3) is 4.76.